The minimum Gasteiger partial charge on any atom is -0.480 e. The minimum absolute atomic E-state index is 0.207. The van der Waals surface area contributed by atoms with Gasteiger partial charge in [-0.2, -0.15) is 0 Å². The van der Waals surface area contributed by atoms with Gasteiger partial charge in [-0.1, -0.05) is 29.3 Å². The number of benzene rings is 1. The molecular formula is C10H10Cl2O4S. The van der Waals surface area contributed by atoms with Crippen molar-refractivity contribution in [2.45, 2.75) is 17.9 Å². The molecule has 0 aliphatic carbocycles. The molecule has 1 unspecified atom stereocenters. The summed E-state index contributed by atoms with van der Waals surface area (Å²) in [5, 5.41) is 7.81. The number of carboxylic acid groups (broad SMARTS) is 1. The number of sulfone groups is 1. The SMILES string of the molecule is CC(C(=O)O)S(=O)(=O)Cc1ccc(Cl)cc1Cl. The first kappa shape index (κ1) is 14.3. The molecular weight excluding hydrogens is 287 g/mol. The van der Waals surface area contributed by atoms with Crippen molar-refractivity contribution in [2.75, 3.05) is 0 Å². The van der Waals surface area contributed by atoms with Gasteiger partial charge in [0, 0.05) is 10.0 Å². The summed E-state index contributed by atoms with van der Waals surface area (Å²) in [5.74, 6) is -1.80. The van der Waals surface area contributed by atoms with Crippen LogP contribution >= 0.6 is 23.2 Å². The Morgan fingerprint density at radius 3 is 2.47 bits per heavy atom. The Morgan fingerprint density at radius 1 is 1.41 bits per heavy atom. The summed E-state index contributed by atoms with van der Waals surface area (Å²) in [6.45, 7) is 1.13. The lowest BCUT2D eigenvalue weighted by Gasteiger charge is -2.09. The van der Waals surface area contributed by atoms with E-state index in [2.05, 4.69) is 0 Å². The van der Waals surface area contributed by atoms with Gasteiger partial charge in [0.25, 0.3) is 0 Å². The number of aliphatic carboxylic acids is 1. The fourth-order valence-corrected chi connectivity index (χ4v) is 2.93. The quantitative estimate of drug-likeness (QED) is 0.926. The molecule has 4 nitrogen and oxygen atoms in total. The molecule has 1 aromatic carbocycles. The zero-order valence-corrected chi connectivity index (χ0v) is 11.2. The van der Waals surface area contributed by atoms with Crippen molar-refractivity contribution in [2.24, 2.45) is 0 Å². The molecule has 1 atom stereocenters. The number of rotatable bonds is 4. The molecule has 0 aliphatic heterocycles. The van der Waals surface area contributed by atoms with Crippen LogP contribution in [-0.4, -0.2) is 24.7 Å². The zero-order valence-electron chi connectivity index (χ0n) is 8.85. The molecule has 1 N–H and O–H groups in total. The van der Waals surface area contributed by atoms with E-state index in [-0.39, 0.29) is 5.02 Å². The third kappa shape index (κ3) is 3.59. The smallest absolute Gasteiger partial charge is 0.321 e. The van der Waals surface area contributed by atoms with Crippen molar-refractivity contribution in [3.63, 3.8) is 0 Å². The highest BCUT2D eigenvalue weighted by Crippen LogP contribution is 2.23. The van der Waals surface area contributed by atoms with Gasteiger partial charge in [-0.05, 0) is 24.6 Å². The van der Waals surface area contributed by atoms with Crippen LogP contribution in [0.4, 0.5) is 0 Å². The topological polar surface area (TPSA) is 71.4 Å². The van der Waals surface area contributed by atoms with Crippen molar-refractivity contribution in [3.05, 3.63) is 33.8 Å². The van der Waals surface area contributed by atoms with Crippen molar-refractivity contribution in [1.82, 2.24) is 0 Å². The van der Waals surface area contributed by atoms with Crippen LogP contribution < -0.4 is 0 Å². The lowest BCUT2D eigenvalue weighted by Crippen LogP contribution is -2.28. The van der Waals surface area contributed by atoms with Gasteiger partial charge in [-0.25, -0.2) is 8.42 Å². The Hall–Kier alpha value is -0.780. The average molecular weight is 297 g/mol. The van der Waals surface area contributed by atoms with E-state index in [4.69, 9.17) is 28.3 Å². The monoisotopic (exact) mass is 296 g/mol. The summed E-state index contributed by atoms with van der Waals surface area (Å²) in [5.41, 5.74) is 0.337. The molecule has 0 radical (unpaired) electrons. The van der Waals surface area contributed by atoms with Crippen LogP contribution in [0.3, 0.4) is 0 Å². The zero-order chi connectivity index (χ0) is 13.2. The first-order valence-electron chi connectivity index (χ1n) is 4.62. The molecule has 0 spiro atoms. The molecule has 0 amide bonds. The minimum atomic E-state index is -3.78. The van der Waals surface area contributed by atoms with E-state index in [0.717, 1.165) is 6.92 Å². The maximum atomic E-state index is 11.7. The summed E-state index contributed by atoms with van der Waals surface area (Å²) >= 11 is 11.5. The lowest BCUT2D eigenvalue weighted by atomic mass is 10.2. The number of hydrogen-bond donors (Lipinski definition) is 1. The van der Waals surface area contributed by atoms with Gasteiger partial charge in [-0.15, -0.1) is 0 Å². The van der Waals surface area contributed by atoms with Crippen LogP contribution in [0.15, 0.2) is 18.2 Å². The highest BCUT2D eigenvalue weighted by atomic mass is 35.5. The van der Waals surface area contributed by atoms with Crippen molar-refractivity contribution in [1.29, 1.82) is 0 Å². The average Bonchev–Trinajstić information content (AvgIpc) is 2.21. The fraction of sp³-hybridized carbons (Fsp3) is 0.300. The Balaban J connectivity index is 3.02. The summed E-state index contributed by atoms with van der Waals surface area (Å²) in [6.07, 6.45) is 0. The second kappa shape index (κ2) is 5.25. The van der Waals surface area contributed by atoms with Crippen LogP contribution in [0.1, 0.15) is 12.5 Å². The molecule has 0 saturated carbocycles. The van der Waals surface area contributed by atoms with Gasteiger partial charge >= 0.3 is 5.97 Å². The van der Waals surface area contributed by atoms with Gasteiger partial charge in [0.1, 0.15) is 0 Å². The van der Waals surface area contributed by atoms with Crippen LogP contribution in [0.5, 0.6) is 0 Å². The molecule has 1 aromatic rings. The second-order valence-electron chi connectivity index (χ2n) is 3.52. The van der Waals surface area contributed by atoms with Gasteiger partial charge in [-0.3, -0.25) is 4.79 Å². The summed E-state index contributed by atoms with van der Waals surface area (Å²) in [6, 6.07) is 4.39. The van der Waals surface area contributed by atoms with Gasteiger partial charge in [0.2, 0.25) is 0 Å². The lowest BCUT2D eigenvalue weighted by molar-refractivity contribution is -0.136. The van der Waals surface area contributed by atoms with E-state index < -0.39 is 26.8 Å². The third-order valence-corrected chi connectivity index (χ3v) is 4.84. The maximum absolute atomic E-state index is 11.7. The van der Waals surface area contributed by atoms with Crippen LogP contribution in [0.2, 0.25) is 10.0 Å². The third-order valence-electron chi connectivity index (χ3n) is 2.26. The predicted molar refractivity (Wildman–Crippen MR) is 66.2 cm³/mol. The first-order chi connectivity index (χ1) is 7.74. The Bertz CT molecular complexity index is 539. The standard InChI is InChI=1S/C10H10Cl2O4S/c1-6(10(13)14)17(15,16)5-7-2-3-8(11)4-9(7)12/h2-4,6H,5H2,1H3,(H,13,14). The van der Waals surface area contributed by atoms with E-state index in [1.165, 1.54) is 18.2 Å². The van der Waals surface area contributed by atoms with E-state index in [9.17, 15) is 13.2 Å². The van der Waals surface area contributed by atoms with Crippen molar-refractivity contribution < 1.29 is 18.3 Å². The van der Waals surface area contributed by atoms with E-state index in [1.54, 1.807) is 0 Å². The molecule has 0 bridgehead atoms. The second-order valence-corrected chi connectivity index (χ2v) is 6.69. The van der Waals surface area contributed by atoms with Crippen LogP contribution in [-0.2, 0) is 20.4 Å². The van der Waals surface area contributed by atoms with Crippen molar-refractivity contribution >= 4 is 39.0 Å². The maximum Gasteiger partial charge on any atom is 0.321 e. The number of hydrogen-bond acceptors (Lipinski definition) is 3. The number of carbonyl (C=O) groups is 1. The molecule has 94 valence electrons. The summed E-state index contributed by atoms with van der Waals surface area (Å²) in [7, 11) is -3.78. The predicted octanol–water partition coefficient (Wildman–Crippen LogP) is 2.38. The number of carboxylic acids is 1. The Kier molecular flexibility index (Phi) is 4.41. The molecule has 0 fully saturated rings. The Morgan fingerprint density at radius 2 is 2.00 bits per heavy atom. The molecule has 0 aliphatic rings. The largest absolute Gasteiger partial charge is 0.480 e. The van der Waals surface area contributed by atoms with Gasteiger partial charge in [0.05, 0.1) is 5.75 Å². The molecule has 0 saturated heterocycles. The van der Waals surface area contributed by atoms with Gasteiger partial charge in [0.15, 0.2) is 15.1 Å². The van der Waals surface area contributed by atoms with Gasteiger partial charge < -0.3 is 5.11 Å². The van der Waals surface area contributed by atoms with E-state index >= 15 is 0 Å². The number of halogens is 2. The van der Waals surface area contributed by atoms with Crippen molar-refractivity contribution in [3.8, 4) is 0 Å². The molecule has 17 heavy (non-hydrogen) atoms. The molecule has 0 heterocycles. The van der Waals surface area contributed by atoms with E-state index in [0.29, 0.717) is 10.6 Å². The summed E-state index contributed by atoms with van der Waals surface area (Å²) < 4.78 is 23.4. The molecule has 0 aromatic heterocycles. The van der Waals surface area contributed by atoms with Crippen LogP contribution in [0, 0.1) is 0 Å². The highest BCUT2D eigenvalue weighted by Gasteiger charge is 2.28. The van der Waals surface area contributed by atoms with E-state index in [1.807, 2.05) is 0 Å². The molecule has 7 heteroatoms. The highest BCUT2D eigenvalue weighted by molar-refractivity contribution is 7.92. The fourth-order valence-electron chi connectivity index (χ4n) is 1.13. The summed E-state index contributed by atoms with van der Waals surface area (Å²) in [4.78, 5) is 10.6. The molecule has 1 rings (SSSR count). The normalized spacial score (nSPS) is 13.4. The van der Waals surface area contributed by atoms with Crippen LogP contribution in [0.25, 0.3) is 0 Å². The Labute approximate surface area is 109 Å². The first-order valence-corrected chi connectivity index (χ1v) is 7.09.